The average Bonchev–Trinajstić information content (AvgIpc) is 3.11. The topological polar surface area (TPSA) is 62.7 Å². The number of halogens is 2. The third kappa shape index (κ3) is 3.07. The molecule has 1 amide bonds. The first-order valence-corrected chi connectivity index (χ1v) is 7.63. The van der Waals surface area contributed by atoms with Crippen molar-refractivity contribution < 1.29 is 9.18 Å². The van der Waals surface area contributed by atoms with Gasteiger partial charge in [-0.1, -0.05) is 18.5 Å². The van der Waals surface area contributed by atoms with Crippen molar-refractivity contribution in [3.05, 3.63) is 52.7 Å². The van der Waals surface area contributed by atoms with Crippen LogP contribution in [0.2, 0.25) is 5.02 Å². The van der Waals surface area contributed by atoms with Gasteiger partial charge in [0.2, 0.25) is 0 Å². The van der Waals surface area contributed by atoms with Gasteiger partial charge in [0.1, 0.15) is 11.5 Å². The van der Waals surface area contributed by atoms with Gasteiger partial charge in [-0.2, -0.15) is 5.10 Å². The van der Waals surface area contributed by atoms with Crippen LogP contribution >= 0.6 is 11.6 Å². The van der Waals surface area contributed by atoms with Crippen LogP contribution < -0.4 is 5.32 Å². The maximum absolute atomic E-state index is 13.5. The number of hydrogen-bond donors (Lipinski definition) is 2. The minimum atomic E-state index is -0.519. The number of nitrogens with zero attached hydrogens (tertiary/aromatic N) is 2. The highest BCUT2D eigenvalue weighted by atomic mass is 35.5. The van der Waals surface area contributed by atoms with Crippen molar-refractivity contribution in [1.29, 1.82) is 0 Å². The van der Waals surface area contributed by atoms with Crippen LogP contribution in [-0.2, 0) is 7.05 Å². The molecule has 3 aromatic rings. The van der Waals surface area contributed by atoms with E-state index in [1.807, 2.05) is 20.2 Å². The second kappa shape index (κ2) is 6.04. The van der Waals surface area contributed by atoms with Gasteiger partial charge < -0.3 is 10.3 Å². The Morgan fingerprint density at radius 2 is 2.26 bits per heavy atom. The standard InChI is InChI=1S/C16H16ClFN4O/c1-3-13(10-7-19-22(2)8-10)21-16(23)15-5-9-4-11(17)12(18)6-14(9)20-15/h4-8,13,20H,3H2,1-2H3,(H,21,23). The zero-order chi connectivity index (χ0) is 16.6. The molecule has 0 spiro atoms. The molecule has 7 heteroatoms. The van der Waals surface area contributed by atoms with Gasteiger partial charge in [-0.25, -0.2) is 4.39 Å². The molecule has 0 saturated heterocycles. The number of rotatable bonds is 4. The molecule has 2 aromatic heterocycles. The van der Waals surface area contributed by atoms with Gasteiger partial charge in [0.05, 0.1) is 17.3 Å². The quantitative estimate of drug-likeness (QED) is 0.766. The Kier molecular flexibility index (Phi) is 4.09. The second-order valence-electron chi connectivity index (χ2n) is 5.42. The third-order valence-electron chi connectivity index (χ3n) is 3.75. The van der Waals surface area contributed by atoms with Crippen LogP contribution in [0.4, 0.5) is 4.39 Å². The molecule has 0 aliphatic heterocycles. The molecule has 0 radical (unpaired) electrons. The van der Waals surface area contributed by atoms with Gasteiger partial charge >= 0.3 is 0 Å². The summed E-state index contributed by atoms with van der Waals surface area (Å²) in [7, 11) is 1.83. The molecular weight excluding hydrogens is 319 g/mol. The van der Waals surface area contributed by atoms with Crippen LogP contribution in [0.1, 0.15) is 35.4 Å². The average molecular weight is 335 g/mol. The van der Waals surface area contributed by atoms with Gasteiger partial charge in [0, 0.05) is 29.7 Å². The number of H-pyrrole nitrogens is 1. The van der Waals surface area contributed by atoms with Gasteiger partial charge in [0.25, 0.3) is 5.91 Å². The molecule has 0 bridgehead atoms. The summed E-state index contributed by atoms with van der Waals surface area (Å²) in [4.78, 5) is 15.4. The van der Waals surface area contributed by atoms with E-state index in [1.165, 1.54) is 12.1 Å². The Labute approximate surface area is 137 Å². The summed E-state index contributed by atoms with van der Waals surface area (Å²) >= 11 is 5.77. The Bertz CT molecular complexity index is 831. The largest absolute Gasteiger partial charge is 0.350 e. The normalized spacial score (nSPS) is 12.5. The first-order valence-electron chi connectivity index (χ1n) is 7.25. The summed E-state index contributed by atoms with van der Waals surface area (Å²) in [6.45, 7) is 1.98. The molecule has 0 aliphatic rings. The number of aromatic nitrogens is 3. The Balaban J connectivity index is 1.85. The second-order valence-corrected chi connectivity index (χ2v) is 5.83. The minimum Gasteiger partial charge on any atom is -0.350 e. The number of aromatic amines is 1. The van der Waals surface area contributed by atoms with Crippen LogP contribution in [0.3, 0.4) is 0 Å². The fraction of sp³-hybridized carbons (Fsp3) is 0.250. The number of fused-ring (bicyclic) bond motifs is 1. The van der Waals surface area contributed by atoms with Crippen molar-refractivity contribution in [3.8, 4) is 0 Å². The molecule has 2 heterocycles. The lowest BCUT2D eigenvalue weighted by Crippen LogP contribution is -2.28. The van der Waals surface area contributed by atoms with E-state index < -0.39 is 5.82 Å². The van der Waals surface area contributed by atoms with Crippen molar-refractivity contribution in [1.82, 2.24) is 20.1 Å². The molecule has 0 fully saturated rings. The van der Waals surface area contributed by atoms with Crippen molar-refractivity contribution in [2.75, 3.05) is 0 Å². The van der Waals surface area contributed by atoms with Crippen LogP contribution in [-0.4, -0.2) is 20.7 Å². The molecule has 0 aliphatic carbocycles. The summed E-state index contributed by atoms with van der Waals surface area (Å²) in [6, 6.07) is 4.31. The zero-order valence-corrected chi connectivity index (χ0v) is 13.5. The highest BCUT2D eigenvalue weighted by Gasteiger charge is 2.17. The lowest BCUT2D eigenvalue weighted by molar-refractivity contribution is 0.0931. The van der Waals surface area contributed by atoms with Crippen molar-refractivity contribution in [2.24, 2.45) is 7.05 Å². The molecule has 23 heavy (non-hydrogen) atoms. The predicted octanol–water partition coefficient (Wildman–Crippen LogP) is 3.58. The van der Waals surface area contributed by atoms with Crippen LogP contribution in [0.5, 0.6) is 0 Å². The maximum Gasteiger partial charge on any atom is 0.268 e. The zero-order valence-electron chi connectivity index (χ0n) is 12.7. The minimum absolute atomic E-state index is 0.0326. The van der Waals surface area contributed by atoms with E-state index in [-0.39, 0.29) is 17.0 Å². The Hall–Kier alpha value is -2.34. The Morgan fingerprint density at radius 3 is 2.91 bits per heavy atom. The SMILES string of the molecule is CCC(NC(=O)c1cc2cc(Cl)c(F)cc2[nH]1)c1cnn(C)c1. The van der Waals surface area contributed by atoms with E-state index in [9.17, 15) is 9.18 Å². The first-order chi connectivity index (χ1) is 11.0. The summed E-state index contributed by atoms with van der Waals surface area (Å²) in [5.41, 5.74) is 1.84. The third-order valence-corrected chi connectivity index (χ3v) is 4.04. The monoisotopic (exact) mass is 334 g/mol. The molecule has 0 saturated carbocycles. The van der Waals surface area contributed by atoms with E-state index >= 15 is 0 Å². The lowest BCUT2D eigenvalue weighted by Gasteiger charge is -2.14. The highest BCUT2D eigenvalue weighted by Crippen LogP contribution is 2.24. The smallest absolute Gasteiger partial charge is 0.268 e. The van der Waals surface area contributed by atoms with E-state index in [0.29, 0.717) is 16.6 Å². The molecule has 1 unspecified atom stereocenters. The molecule has 1 atom stereocenters. The predicted molar refractivity (Wildman–Crippen MR) is 87.0 cm³/mol. The van der Waals surface area contributed by atoms with Gasteiger partial charge in [0.15, 0.2) is 0 Å². The molecule has 3 rings (SSSR count). The number of benzene rings is 1. The molecule has 2 N–H and O–H groups in total. The molecular formula is C16H16ClFN4O. The lowest BCUT2D eigenvalue weighted by atomic mass is 10.1. The Morgan fingerprint density at radius 1 is 1.48 bits per heavy atom. The number of carbonyl (C=O) groups is 1. The molecule has 5 nitrogen and oxygen atoms in total. The fourth-order valence-corrected chi connectivity index (χ4v) is 2.70. The first kappa shape index (κ1) is 15.6. The number of nitrogens with one attached hydrogen (secondary N) is 2. The van der Waals surface area contributed by atoms with Gasteiger partial charge in [-0.05, 0) is 24.6 Å². The summed E-state index contributed by atoms with van der Waals surface area (Å²) < 4.78 is 15.2. The van der Waals surface area contributed by atoms with Gasteiger partial charge in [-0.15, -0.1) is 0 Å². The van der Waals surface area contributed by atoms with E-state index in [4.69, 9.17) is 11.6 Å². The van der Waals surface area contributed by atoms with Crippen LogP contribution in [0.25, 0.3) is 10.9 Å². The summed E-state index contributed by atoms with van der Waals surface area (Å²) in [5.74, 6) is -0.775. The van der Waals surface area contributed by atoms with Crippen molar-refractivity contribution in [3.63, 3.8) is 0 Å². The number of aryl methyl sites for hydroxylation is 1. The van der Waals surface area contributed by atoms with Crippen LogP contribution in [0.15, 0.2) is 30.6 Å². The molecule has 120 valence electrons. The number of amides is 1. The van der Waals surface area contributed by atoms with Crippen molar-refractivity contribution >= 4 is 28.4 Å². The maximum atomic E-state index is 13.5. The van der Waals surface area contributed by atoms with Gasteiger partial charge in [-0.3, -0.25) is 9.48 Å². The number of hydrogen-bond acceptors (Lipinski definition) is 2. The molecule has 1 aromatic carbocycles. The van der Waals surface area contributed by atoms with E-state index in [0.717, 1.165) is 12.0 Å². The summed E-state index contributed by atoms with van der Waals surface area (Å²) in [5, 5.41) is 7.80. The van der Waals surface area contributed by atoms with Crippen LogP contribution in [0, 0.1) is 5.82 Å². The van der Waals surface area contributed by atoms with E-state index in [1.54, 1.807) is 16.9 Å². The fourth-order valence-electron chi connectivity index (χ4n) is 2.53. The summed E-state index contributed by atoms with van der Waals surface area (Å²) in [6.07, 6.45) is 4.34. The van der Waals surface area contributed by atoms with Crippen molar-refractivity contribution in [2.45, 2.75) is 19.4 Å². The highest BCUT2D eigenvalue weighted by molar-refractivity contribution is 6.31. The van der Waals surface area contributed by atoms with E-state index in [2.05, 4.69) is 15.4 Å². The number of carbonyl (C=O) groups excluding carboxylic acids is 1.